The molecule has 2 aromatic rings. The number of amides is 2. The van der Waals surface area contributed by atoms with Gasteiger partial charge in [-0.2, -0.15) is 0 Å². The number of benzene rings is 2. The average molecular weight is 761 g/mol. The number of carbonyl (C=O) groups excluding carboxylic acids is 2. The van der Waals surface area contributed by atoms with Gasteiger partial charge in [0, 0.05) is 45.1 Å². The Balaban J connectivity index is 1.09. The zero-order valence-corrected chi connectivity index (χ0v) is 33.2. The van der Waals surface area contributed by atoms with Crippen molar-refractivity contribution in [3.63, 3.8) is 0 Å². The van der Waals surface area contributed by atoms with Gasteiger partial charge in [-0.3, -0.25) is 19.4 Å². The molecule has 2 aliphatic heterocycles. The van der Waals surface area contributed by atoms with Gasteiger partial charge in [0.15, 0.2) is 0 Å². The second kappa shape index (κ2) is 24.7. The Hall–Kier alpha value is -3.58. The molecule has 2 amide bonds. The van der Waals surface area contributed by atoms with Gasteiger partial charge >= 0.3 is 0 Å². The summed E-state index contributed by atoms with van der Waals surface area (Å²) in [6.45, 7) is 7.63. The number of nitrogens with zero attached hydrogens (tertiary/aromatic N) is 3. The van der Waals surface area contributed by atoms with Crippen LogP contribution in [0.4, 0.5) is 11.4 Å². The molecule has 0 unspecified atom stereocenters. The van der Waals surface area contributed by atoms with E-state index in [1.165, 1.54) is 30.6 Å². The minimum atomic E-state index is -0.159. The molecular weight excluding hydrogens is 701 g/mol. The number of ether oxygens (including phenoxy) is 1. The first-order valence-corrected chi connectivity index (χ1v) is 20.5. The Morgan fingerprint density at radius 1 is 0.736 bits per heavy atom. The number of imide groups is 1. The van der Waals surface area contributed by atoms with Crippen LogP contribution < -0.4 is 14.5 Å². The summed E-state index contributed by atoms with van der Waals surface area (Å²) in [6.07, 6.45) is 34.5. The number of unbranched alkanes of at least 4 members (excludes halogenated alkanes) is 4. The molecule has 286 valence electrons. The van der Waals surface area contributed by atoms with E-state index in [0.717, 1.165) is 82.5 Å². The molecule has 0 aromatic heterocycles. The number of halogens is 2. The number of hydrogen-bond acceptors (Lipinski definition) is 5. The summed E-state index contributed by atoms with van der Waals surface area (Å²) in [5.41, 5.74) is 2.69. The van der Waals surface area contributed by atoms with E-state index >= 15 is 0 Å². The molecule has 2 aliphatic rings. The maximum absolute atomic E-state index is 13.2. The molecule has 0 N–H and O–H groups in total. The van der Waals surface area contributed by atoms with Gasteiger partial charge in [0.25, 0.3) is 0 Å². The topological polar surface area (TPSA) is 53.1 Å². The Kier molecular flexibility index (Phi) is 19.6. The SMILES string of the molecule is CCCCCC=CCC=CCC=CCC=CCC=CCCC(=O)N1C(=O)CCc2ccc(OCCCCN3CCN(c4cccc(Cl)c4Cl)CC3)cc21. The van der Waals surface area contributed by atoms with Gasteiger partial charge in [0.2, 0.25) is 11.8 Å². The van der Waals surface area contributed by atoms with E-state index in [1.807, 2.05) is 42.5 Å². The van der Waals surface area contributed by atoms with Gasteiger partial charge < -0.3 is 9.64 Å². The molecule has 2 heterocycles. The molecule has 8 heteroatoms. The van der Waals surface area contributed by atoms with Crippen LogP contribution in [0.25, 0.3) is 0 Å². The number of carbonyl (C=O) groups is 2. The molecule has 0 radical (unpaired) electrons. The van der Waals surface area contributed by atoms with E-state index in [9.17, 15) is 9.59 Å². The fourth-order valence-corrected chi connectivity index (χ4v) is 6.96. The summed E-state index contributed by atoms with van der Waals surface area (Å²) in [5, 5.41) is 1.22. The molecule has 2 aromatic carbocycles. The number of rotatable bonds is 22. The summed E-state index contributed by atoms with van der Waals surface area (Å²) >= 11 is 12.6. The number of piperazine rings is 1. The zero-order chi connectivity index (χ0) is 37.5. The van der Waals surface area contributed by atoms with Crippen molar-refractivity contribution in [2.45, 2.75) is 96.8 Å². The summed E-state index contributed by atoms with van der Waals surface area (Å²) in [7, 11) is 0. The van der Waals surface area contributed by atoms with Crippen LogP contribution in [0, 0.1) is 0 Å². The van der Waals surface area contributed by atoms with E-state index in [2.05, 4.69) is 71.4 Å². The lowest BCUT2D eigenvalue weighted by atomic mass is 10.00. The lowest BCUT2D eigenvalue weighted by molar-refractivity contribution is -0.126. The molecule has 0 bridgehead atoms. The first-order valence-electron chi connectivity index (χ1n) is 19.8. The maximum atomic E-state index is 13.2. The minimum Gasteiger partial charge on any atom is -0.494 e. The standard InChI is InChI=1S/C45H59Cl2N3O3/c1-2-3-4-5-6-7-8-9-10-11-12-13-14-15-16-17-18-19-20-26-43(51)50-42-37-39(29-27-38(42)28-30-44(50)52)53-36-22-21-31-48-32-34-49(35-33-48)41-25-23-24-40(46)45(41)47/h6-7,9-10,12-13,15-16,18-19,23-25,27,29,37H,2-5,8,11,14,17,20-22,26,28,30-36H2,1H3. The minimum absolute atomic E-state index is 0.137. The second-order valence-electron chi connectivity index (χ2n) is 13.7. The second-order valence-corrected chi connectivity index (χ2v) is 14.5. The highest BCUT2D eigenvalue weighted by molar-refractivity contribution is 6.43. The van der Waals surface area contributed by atoms with Gasteiger partial charge in [-0.05, 0) is 94.5 Å². The molecule has 4 rings (SSSR count). The largest absolute Gasteiger partial charge is 0.494 e. The zero-order valence-electron chi connectivity index (χ0n) is 31.7. The van der Waals surface area contributed by atoms with E-state index in [0.29, 0.717) is 53.8 Å². The van der Waals surface area contributed by atoms with Crippen molar-refractivity contribution in [2.75, 3.05) is 49.1 Å². The molecule has 0 spiro atoms. The Bertz CT molecular complexity index is 1570. The van der Waals surface area contributed by atoms with Crippen LogP contribution in [-0.2, 0) is 16.0 Å². The van der Waals surface area contributed by atoms with Crippen LogP contribution in [0.1, 0.15) is 96.0 Å². The quantitative estimate of drug-likeness (QED) is 0.0884. The molecule has 0 atom stereocenters. The molecule has 0 aliphatic carbocycles. The predicted octanol–water partition coefficient (Wildman–Crippen LogP) is 11.5. The number of anilines is 2. The van der Waals surface area contributed by atoms with E-state index in [4.69, 9.17) is 27.9 Å². The number of fused-ring (bicyclic) bond motifs is 1. The maximum Gasteiger partial charge on any atom is 0.234 e. The van der Waals surface area contributed by atoms with Gasteiger partial charge in [-0.25, -0.2) is 0 Å². The van der Waals surface area contributed by atoms with Gasteiger partial charge in [-0.15, -0.1) is 0 Å². The fraction of sp³-hybridized carbons (Fsp3) is 0.467. The third-order valence-electron chi connectivity index (χ3n) is 9.61. The summed E-state index contributed by atoms with van der Waals surface area (Å²) in [6, 6.07) is 11.6. The van der Waals surface area contributed by atoms with Crippen molar-refractivity contribution < 1.29 is 14.3 Å². The van der Waals surface area contributed by atoms with Gasteiger partial charge in [0.05, 0.1) is 28.0 Å². The van der Waals surface area contributed by atoms with Crippen LogP contribution in [0.15, 0.2) is 97.2 Å². The molecule has 1 saturated heterocycles. The molecular formula is C45H59Cl2N3O3. The van der Waals surface area contributed by atoms with E-state index in [1.54, 1.807) is 0 Å². The highest BCUT2D eigenvalue weighted by Gasteiger charge is 2.29. The van der Waals surface area contributed by atoms with Crippen molar-refractivity contribution in [3.8, 4) is 5.75 Å². The van der Waals surface area contributed by atoms with Crippen molar-refractivity contribution in [1.29, 1.82) is 0 Å². The monoisotopic (exact) mass is 759 g/mol. The van der Waals surface area contributed by atoms with Crippen molar-refractivity contribution in [2.24, 2.45) is 0 Å². The predicted molar refractivity (Wildman–Crippen MR) is 225 cm³/mol. The Morgan fingerprint density at radius 3 is 2.08 bits per heavy atom. The highest BCUT2D eigenvalue weighted by Crippen LogP contribution is 2.34. The van der Waals surface area contributed by atoms with Crippen LogP contribution in [-0.4, -0.2) is 56.0 Å². The number of hydrogen-bond donors (Lipinski definition) is 0. The number of aryl methyl sites for hydroxylation is 1. The molecule has 0 saturated carbocycles. The van der Waals surface area contributed by atoms with E-state index < -0.39 is 0 Å². The third-order valence-corrected chi connectivity index (χ3v) is 10.4. The van der Waals surface area contributed by atoms with Crippen molar-refractivity contribution in [1.82, 2.24) is 4.90 Å². The summed E-state index contributed by atoms with van der Waals surface area (Å²) in [4.78, 5) is 32.3. The normalized spacial score (nSPS) is 15.6. The lowest BCUT2D eigenvalue weighted by Crippen LogP contribution is -2.46. The summed E-state index contributed by atoms with van der Waals surface area (Å²) in [5.74, 6) is 0.401. The van der Waals surface area contributed by atoms with E-state index in [-0.39, 0.29) is 11.8 Å². The van der Waals surface area contributed by atoms with Crippen molar-refractivity contribution in [3.05, 3.63) is 113 Å². The smallest absolute Gasteiger partial charge is 0.234 e. The average Bonchev–Trinajstić information content (AvgIpc) is 3.16. The van der Waals surface area contributed by atoms with Crippen LogP contribution in [0.3, 0.4) is 0 Å². The molecule has 1 fully saturated rings. The van der Waals surface area contributed by atoms with Crippen LogP contribution in [0.5, 0.6) is 5.75 Å². The Labute approximate surface area is 328 Å². The molecule has 6 nitrogen and oxygen atoms in total. The lowest BCUT2D eigenvalue weighted by Gasteiger charge is -2.36. The highest BCUT2D eigenvalue weighted by atomic mass is 35.5. The fourth-order valence-electron chi connectivity index (χ4n) is 6.54. The summed E-state index contributed by atoms with van der Waals surface area (Å²) < 4.78 is 6.10. The van der Waals surface area contributed by atoms with Crippen LogP contribution in [0.2, 0.25) is 10.0 Å². The third kappa shape index (κ3) is 15.0. The van der Waals surface area contributed by atoms with Gasteiger partial charge in [0.1, 0.15) is 5.75 Å². The Morgan fingerprint density at radius 2 is 1.40 bits per heavy atom. The van der Waals surface area contributed by atoms with Gasteiger partial charge in [-0.1, -0.05) is 116 Å². The first kappa shape index (κ1) is 42.2. The van der Waals surface area contributed by atoms with Crippen LogP contribution >= 0.6 is 23.2 Å². The molecule has 53 heavy (non-hydrogen) atoms. The van der Waals surface area contributed by atoms with Crippen molar-refractivity contribution >= 4 is 46.4 Å². The first-order chi connectivity index (χ1) is 26.0. The number of allylic oxidation sites excluding steroid dienone is 10.